The number of nitrogens with zero attached hydrogens (tertiary/aromatic N) is 3. The lowest BCUT2D eigenvalue weighted by atomic mass is 10.3. The Balaban J connectivity index is 1.99. The molecule has 0 N–H and O–H groups in total. The summed E-state index contributed by atoms with van der Waals surface area (Å²) < 4.78 is 15.9. The first-order valence-corrected chi connectivity index (χ1v) is 8.07. The normalized spacial score (nSPS) is 13.0. The van der Waals surface area contributed by atoms with E-state index in [4.69, 9.17) is 11.6 Å². The average Bonchev–Trinajstić information content (AvgIpc) is 3.01. The summed E-state index contributed by atoms with van der Waals surface area (Å²) in [6, 6.07) is 5.00. The van der Waals surface area contributed by atoms with Crippen LogP contribution < -0.4 is 0 Å². The predicted octanol–water partition coefficient (Wildman–Crippen LogP) is 4.48. The lowest BCUT2D eigenvalue weighted by Gasteiger charge is -2.09. The fourth-order valence-electron chi connectivity index (χ4n) is 2.42. The minimum Gasteiger partial charge on any atom is -0.326 e. The number of benzene rings is 1. The Kier molecular flexibility index (Phi) is 3.95. The summed E-state index contributed by atoms with van der Waals surface area (Å²) in [5, 5.41) is 2.84. The Hall–Kier alpha value is -1.46. The average molecular weight is 324 g/mol. The Morgan fingerprint density at radius 2 is 2.19 bits per heavy atom. The van der Waals surface area contributed by atoms with Crippen molar-refractivity contribution in [3.63, 3.8) is 0 Å². The van der Waals surface area contributed by atoms with E-state index >= 15 is 0 Å². The van der Waals surface area contributed by atoms with E-state index in [0.717, 1.165) is 22.6 Å². The van der Waals surface area contributed by atoms with E-state index in [1.54, 1.807) is 17.4 Å². The number of imidazole rings is 1. The summed E-state index contributed by atoms with van der Waals surface area (Å²) in [4.78, 5) is 8.83. The zero-order valence-electron chi connectivity index (χ0n) is 11.8. The highest BCUT2D eigenvalue weighted by molar-refractivity contribution is 7.09. The monoisotopic (exact) mass is 323 g/mol. The number of rotatable bonds is 4. The second-order valence-electron chi connectivity index (χ2n) is 4.95. The summed E-state index contributed by atoms with van der Waals surface area (Å²) in [6.07, 6.45) is 0.781. The van der Waals surface area contributed by atoms with Crippen molar-refractivity contribution in [1.29, 1.82) is 0 Å². The molecule has 0 amide bonds. The van der Waals surface area contributed by atoms with Gasteiger partial charge >= 0.3 is 0 Å². The molecule has 0 radical (unpaired) electrons. The van der Waals surface area contributed by atoms with E-state index in [1.807, 2.05) is 24.5 Å². The number of alkyl halides is 1. The quantitative estimate of drug-likeness (QED) is 0.663. The van der Waals surface area contributed by atoms with Gasteiger partial charge in [-0.25, -0.2) is 14.4 Å². The summed E-state index contributed by atoms with van der Waals surface area (Å²) in [5.41, 5.74) is 2.21. The van der Waals surface area contributed by atoms with Gasteiger partial charge in [-0.05, 0) is 26.0 Å². The van der Waals surface area contributed by atoms with Crippen molar-refractivity contribution in [2.24, 2.45) is 0 Å². The molecule has 0 saturated heterocycles. The van der Waals surface area contributed by atoms with Gasteiger partial charge in [0, 0.05) is 18.3 Å². The van der Waals surface area contributed by atoms with E-state index in [9.17, 15) is 4.39 Å². The van der Waals surface area contributed by atoms with Gasteiger partial charge in [-0.2, -0.15) is 0 Å². The first kappa shape index (κ1) is 14.5. The van der Waals surface area contributed by atoms with Gasteiger partial charge in [-0.1, -0.05) is 6.07 Å². The maximum absolute atomic E-state index is 13.9. The molecule has 6 heteroatoms. The maximum Gasteiger partial charge on any atom is 0.151 e. The molecule has 1 atom stereocenters. The van der Waals surface area contributed by atoms with Crippen LogP contribution in [0.1, 0.15) is 28.8 Å². The molecule has 110 valence electrons. The third-order valence-corrected chi connectivity index (χ3v) is 4.39. The van der Waals surface area contributed by atoms with Gasteiger partial charge in [-0.3, -0.25) is 0 Å². The van der Waals surface area contributed by atoms with Gasteiger partial charge in [0.1, 0.15) is 11.3 Å². The van der Waals surface area contributed by atoms with Crippen LogP contribution in [0.2, 0.25) is 0 Å². The van der Waals surface area contributed by atoms with Gasteiger partial charge in [0.2, 0.25) is 0 Å². The highest BCUT2D eigenvalue weighted by Crippen LogP contribution is 2.26. The molecular weight excluding hydrogens is 309 g/mol. The summed E-state index contributed by atoms with van der Waals surface area (Å²) in [5.74, 6) is 0.387. The number of fused-ring (bicyclic) bond motifs is 1. The van der Waals surface area contributed by atoms with Crippen LogP contribution in [0.3, 0.4) is 0 Å². The fraction of sp³-hybridized carbons (Fsp3) is 0.333. The molecule has 0 fully saturated rings. The Morgan fingerprint density at radius 3 is 2.86 bits per heavy atom. The number of aromatic nitrogens is 3. The van der Waals surface area contributed by atoms with Gasteiger partial charge < -0.3 is 4.57 Å². The molecule has 3 rings (SSSR count). The Labute approximate surface area is 131 Å². The van der Waals surface area contributed by atoms with Gasteiger partial charge in [0.15, 0.2) is 5.82 Å². The molecule has 3 aromatic rings. The van der Waals surface area contributed by atoms with Crippen LogP contribution in [0.25, 0.3) is 11.0 Å². The third kappa shape index (κ3) is 2.80. The van der Waals surface area contributed by atoms with Crippen LogP contribution in [0.15, 0.2) is 23.6 Å². The fourth-order valence-corrected chi connectivity index (χ4v) is 3.23. The molecule has 1 aromatic carbocycles. The number of halogens is 2. The summed E-state index contributed by atoms with van der Waals surface area (Å²) >= 11 is 7.83. The van der Waals surface area contributed by atoms with Gasteiger partial charge in [0.25, 0.3) is 0 Å². The number of aryl methyl sites for hydroxylation is 3. The smallest absolute Gasteiger partial charge is 0.151 e. The first-order valence-electron chi connectivity index (χ1n) is 6.76. The van der Waals surface area contributed by atoms with E-state index in [0.29, 0.717) is 17.9 Å². The molecule has 1 unspecified atom stereocenters. The largest absolute Gasteiger partial charge is 0.326 e. The van der Waals surface area contributed by atoms with Crippen molar-refractivity contribution >= 4 is 34.0 Å². The lowest BCUT2D eigenvalue weighted by molar-refractivity contribution is 0.637. The minimum absolute atomic E-state index is 0.269. The number of para-hydroxylation sites is 1. The molecule has 0 aliphatic carbocycles. The number of hydrogen-bond acceptors (Lipinski definition) is 3. The predicted molar refractivity (Wildman–Crippen MR) is 84.5 cm³/mol. The molecule has 2 heterocycles. The van der Waals surface area contributed by atoms with Crippen LogP contribution in [-0.4, -0.2) is 14.5 Å². The maximum atomic E-state index is 13.9. The van der Waals surface area contributed by atoms with Crippen LogP contribution in [0.4, 0.5) is 4.39 Å². The zero-order valence-corrected chi connectivity index (χ0v) is 13.4. The SMILES string of the molecule is Cc1nc(CCn2c(C(C)Cl)nc3c(F)cccc32)cs1. The van der Waals surface area contributed by atoms with Crippen LogP contribution in [-0.2, 0) is 13.0 Å². The summed E-state index contributed by atoms with van der Waals surface area (Å²) in [6.45, 7) is 4.53. The van der Waals surface area contributed by atoms with Crippen molar-refractivity contribution in [3.8, 4) is 0 Å². The van der Waals surface area contributed by atoms with Crippen molar-refractivity contribution < 1.29 is 4.39 Å². The Bertz CT molecular complexity index is 778. The first-order chi connectivity index (χ1) is 10.1. The molecule has 3 nitrogen and oxygen atoms in total. The molecule has 0 aliphatic rings. The molecule has 2 aromatic heterocycles. The standard InChI is InChI=1S/C15H15ClFN3S/c1-9(16)15-19-14-12(17)4-3-5-13(14)20(15)7-6-11-8-21-10(2)18-11/h3-5,8-9H,6-7H2,1-2H3. The Morgan fingerprint density at radius 1 is 1.38 bits per heavy atom. The zero-order chi connectivity index (χ0) is 15.0. The van der Waals surface area contributed by atoms with E-state index in [-0.39, 0.29) is 11.2 Å². The van der Waals surface area contributed by atoms with Crippen LogP contribution in [0, 0.1) is 12.7 Å². The highest BCUT2D eigenvalue weighted by atomic mass is 35.5. The highest BCUT2D eigenvalue weighted by Gasteiger charge is 2.17. The van der Waals surface area contributed by atoms with Crippen molar-refractivity contribution in [2.45, 2.75) is 32.2 Å². The number of thiazole rings is 1. The van der Waals surface area contributed by atoms with Gasteiger partial charge in [0.05, 0.1) is 21.6 Å². The van der Waals surface area contributed by atoms with E-state index in [1.165, 1.54) is 6.07 Å². The van der Waals surface area contributed by atoms with E-state index < -0.39 is 0 Å². The molecule has 0 aliphatic heterocycles. The molecule has 0 spiro atoms. The molecule has 0 bridgehead atoms. The van der Waals surface area contributed by atoms with E-state index in [2.05, 4.69) is 15.3 Å². The molecule has 0 saturated carbocycles. The molecular formula is C15H15ClFN3S. The number of hydrogen-bond donors (Lipinski definition) is 0. The molecule has 21 heavy (non-hydrogen) atoms. The lowest BCUT2D eigenvalue weighted by Crippen LogP contribution is -2.07. The second kappa shape index (κ2) is 5.73. The summed E-state index contributed by atoms with van der Waals surface area (Å²) in [7, 11) is 0. The van der Waals surface area contributed by atoms with Crippen LogP contribution >= 0.6 is 22.9 Å². The van der Waals surface area contributed by atoms with Crippen molar-refractivity contribution in [1.82, 2.24) is 14.5 Å². The topological polar surface area (TPSA) is 30.7 Å². The second-order valence-corrected chi connectivity index (χ2v) is 6.67. The third-order valence-electron chi connectivity index (χ3n) is 3.37. The van der Waals surface area contributed by atoms with Crippen molar-refractivity contribution in [2.75, 3.05) is 0 Å². The van der Waals surface area contributed by atoms with Crippen LogP contribution in [0.5, 0.6) is 0 Å². The van der Waals surface area contributed by atoms with Crippen molar-refractivity contribution in [3.05, 3.63) is 45.9 Å². The minimum atomic E-state index is -0.311. The van der Waals surface area contributed by atoms with Gasteiger partial charge in [-0.15, -0.1) is 22.9 Å².